The van der Waals surface area contributed by atoms with Gasteiger partial charge in [-0.2, -0.15) is 0 Å². The van der Waals surface area contributed by atoms with E-state index in [1.54, 1.807) is 7.11 Å². The number of methoxy groups -OCH3 is 2. The van der Waals surface area contributed by atoms with E-state index < -0.39 is 0 Å². The van der Waals surface area contributed by atoms with Crippen LogP contribution in [0.5, 0.6) is 11.5 Å². The molecule has 0 fully saturated rings. The van der Waals surface area contributed by atoms with Gasteiger partial charge in [-0.1, -0.05) is 13.0 Å². The van der Waals surface area contributed by atoms with E-state index >= 15 is 0 Å². The van der Waals surface area contributed by atoms with E-state index in [1.807, 2.05) is 18.2 Å². The number of esters is 1. The molecule has 1 aromatic rings. The van der Waals surface area contributed by atoms with Crippen LogP contribution in [0.2, 0.25) is 0 Å². The molecule has 0 aliphatic heterocycles. The lowest BCUT2D eigenvalue weighted by atomic mass is 10.2. The second-order valence-corrected chi connectivity index (χ2v) is 4.69. The average molecular weight is 295 g/mol. The largest absolute Gasteiger partial charge is 0.493 e. The van der Waals surface area contributed by atoms with Crippen molar-refractivity contribution in [1.29, 1.82) is 0 Å². The van der Waals surface area contributed by atoms with Crippen LogP contribution in [-0.4, -0.2) is 33.3 Å². The Hall–Kier alpha value is -1.75. The standard InChI is InChI=1S/C16H25NO4/c1-4-9-17-12-13-7-8-14(15(11-13)19-2)21-10-5-6-16(18)20-3/h7-8,11,17H,4-6,9-10,12H2,1-3H3. The summed E-state index contributed by atoms with van der Waals surface area (Å²) in [5.74, 6) is 1.19. The Kier molecular flexibility index (Phi) is 8.28. The topological polar surface area (TPSA) is 56.8 Å². The van der Waals surface area contributed by atoms with Crippen LogP contribution in [0.3, 0.4) is 0 Å². The van der Waals surface area contributed by atoms with E-state index in [0.29, 0.717) is 30.9 Å². The fourth-order valence-electron chi connectivity index (χ4n) is 1.85. The maximum absolute atomic E-state index is 11.0. The Labute approximate surface area is 126 Å². The zero-order chi connectivity index (χ0) is 15.5. The van der Waals surface area contributed by atoms with Gasteiger partial charge in [0.05, 0.1) is 20.8 Å². The van der Waals surface area contributed by atoms with Gasteiger partial charge in [0.1, 0.15) is 0 Å². The molecule has 0 saturated heterocycles. The molecular weight excluding hydrogens is 270 g/mol. The molecule has 0 heterocycles. The molecule has 0 amide bonds. The third kappa shape index (κ3) is 6.49. The lowest BCUT2D eigenvalue weighted by Gasteiger charge is -2.12. The molecule has 0 saturated carbocycles. The lowest BCUT2D eigenvalue weighted by molar-refractivity contribution is -0.140. The van der Waals surface area contributed by atoms with Crippen LogP contribution in [0.15, 0.2) is 18.2 Å². The predicted molar refractivity (Wildman–Crippen MR) is 81.7 cm³/mol. The van der Waals surface area contributed by atoms with Crippen molar-refractivity contribution in [2.24, 2.45) is 0 Å². The maximum Gasteiger partial charge on any atom is 0.305 e. The number of carbonyl (C=O) groups excluding carboxylic acids is 1. The quantitative estimate of drug-likeness (QED) is 0.531. The molecule has 0 atom stereocenters. The van der Waals surface area contributed by atoms with Gasteiger partial charge < -0.3 is 19.5 Å². The van der Waals surface area contributed by atoms with Crippen molar-refractivity contribution in [3.8, 4) is 11.5 Å². The van der Waals surface area contributed by atoms with Crippen LogP contribution >= 0.6 is 0 Å². The molecule has 0 radical (unpaired) electrons. The van der Waals surface area contributed by atoms with Crippen molar-refractivity contribution in [1.82, 2.24) is 5.32 Å². The van der Waals surface area contributed by atoms with Gasteiger partial charge in [0.25, 0.3) is 0 Å². The molecule has 0 aliphatic carbocycles. The number of hydrogen-bond donors (Lipinski definition) is 1. The molecular formula is C16H25NO4. The highest BCUT2D eigenvalue weighted by atomic mass is 16.5. The summed E-state index contributed by atoms with van der Waals surface area (Å²) in [5.41, 5.74) is 1.15. The van der Waals surface area contributed by atoms with Crippen molar-refractivity contribution in [3.63, 3.8) is 0 Å². The van der Waals surface area contributed by atoms with Crippen molar-refractivity contribution in [2.75, 3.05) is 27.4 Å². The predicted octanol–water partition coefficient (Wildman–Crippen LogP) is 2.53. The summed E-state index contributed by atoms with van der Waals surface area (Å²) in [5, 5.41) is 3.35. The highest BCUT2D eigenvalue weighted by molar-refractivity contribution is 5.69. The Morgan fingerprint density at radius 2 is 2.05 bits per heavy atom. The summed E-state index contributed by atoms with van der Waals surface area (Å²) < 4.78 is 15.6. The summed E-state index contributed by atoms with van der Waals surface area (Å²) in [4.78, 5) is 11.0. The van der Waals surface area contributed by atoms with Crippen LogP contribution in [0.25, 0.3) is 0 Å². The molecule has 1 rings (SSSR count). The molecule has 0 bridgehead atoms. The summed E-state index contributed by atoms with van der Waals surface area (Å²) in [6, 6.07) is 5.89. The fourth-order valence-corrected chi connectivity index (χ4v) is 1.85. The monoisotopic (exact) mass is 295 g/mol. The van der Waals surface area contributed by atoms with E-state index in [4.69, 9.17) is 9.47 Å². The van der Waals surface area contributed by atoms with Crippen LogP contribution in [-0.2, 0) is 16.1 Å². The molecule has 0 unspecified atom stereocenters. The van der Waals surface area contributed by atoms with E-state index in [2.05, 4.69) is 17.0 Å². The number of rotatable bonds is 10. The second-order valence-electron chi connectivity index (χ2n) is 4.69. The van der Waals surface area contributed by atoms with Crippen molar-refractivity contribution >= 4 is 5.97 Å². The van der Waals surface area contributed by atoms with E-state index in [0.717, 1.165) is 25.1 Å². The van der Waals surface area contributed by atoms with E-state index in [1.165, 1.54) is 7.11 Å². The normalized spacial score (nSPS) is 10.2. The van der Waals surface area contributed by atoms with Crippen LogP contribution < -0.4 is 14.8 Å². The Balaban J connectivity index is 2.48. The van der Waals surface area contributed by atoms with Gasteiger partial charge in [-0.25, -0.2) is 0 Å². The van der Waals surface area contributed by atoms with Gasteiger partial charge in [0.2, 0.25) is 0 Å². The molecule has 5 heteroatoms. The van der Waals surface area contributed by atoms with Gasteiger partial charge in [0.15, 0.2) is 11.5 Å². The minimum Gasteiger partial charge on any atom is -0.493 e. The highest BCUT2D eigenvalue weighted by Gasteiger charge is 2.06. The first-order valence-electron chi connectivity index (χ1n) is 7.28. The molecule has 5 nitrogen and oxygen atoms in total. The smallest absolute Gasteiger partial charge is 0.305 e. The van der Waals surface area contributed by atoms with Gasteiger partial charge in [-0.05, 0) is 37.1 Å². The van der Waals surface area contributed by atoms with Gasteiger partial charge in [0, 0.05) is 13.0 Å². The molecule has 0 aliphatic rings. The molecule has 118 valence electrons. The highest BCUT2D eigenvalue weighted by Crippen LogP contribution is 2.28. The number of ether oxygens (including phenoxy) is 3. The summed E-state index contributed by atoms with van der Waals surface area (Å²) in [6.45, 7) is 4.40. The maximum atomic E-state index is 11.0. The SMILES string of the molecule is CCCNCc1ccc(OCCCC(=O)OC)c(OC)c1. The zero-order valence-electron chi connectivity index (χ0n) is 13.1. The third-order valence-corrected chi connectivity index (χ3v) is 2.99. The lowest BCUT2D eigenvalue weighted by Crippen LogP contribution is -2.13. The van der Waals surface area contributed by atoms with Crippen LogP contribution in [0.1, 0.15) is 31.7 Å². The van der Waals surface area contributed by atoms with Crippen LogP contribution in [0.4, 0.5) is 0 Å². The first-order chi connectivity index (χ1) is 10.2. The van der Waals surface area contributed by atoms with Gasteiger partial charge in [-0.3, -0.25) is 4.79 Å². The first-order valence-corrected chi connectivity index (χ1v) is 7.28. The van der Waals surface area contributed by atoms with Crippen molar-refractivity contribution < 1.29 is 19.0 Å². The van der Waals surface area contributed by atoms with E-state index in [9.17, 15) is 4.79 Å². The van der Waals surface area contributed by atoms with E-state index in [-0.39, 0.29) is 5.97 Å². The Morgan fingerprint density at radius 1 is 1.24 bits per heavy atom. The number of carbonyl (C=O) groups is 1. The minimum absolute atomic E-state index is 0.220. The molecule has 21 heavy (non-hydrogen) atoms. The third-order valence-electron chi connectivity index (χ3n) is 2.99. The fraction of sp³-hybridized carbons (Fsp3) is 0.562. The molecule has 1 N–H and O–H groups in total. The number of benzene rings is 1. The number of hydrogen-bond acceptors (Lipinski definition) is 5. The molecule has 1 aromatic carbocycles. The molecule has 0 aromatic heterocycles. The Morgan fingerprint density at radius 3 is 2.71 bits per heavy atom. The summed E-state index contributed by atoms with van der Waals surface area (Å²) in [7, 11) is 3.01. The van der Waals surface area contributed by atoms with Crippen molar-refractivity contribution in [3.05, 3.63) is 23.8 Å². The Bertz CT molecular complexity index is 434. The zero-order valence-corrected chi connectivity index (χ0v) is 13.1. The molecule has 0 spiro atoms. The van der Waals surface area contributed by atoms with Gasteiger partial charge >= 0.3 is 5.97 Å². The van der Waals surface area contributed by atoms with Crippen molar-refractivity contribution in [2.45, 2.75) is 32.7 Å². The first kappa shape index (κ1) is 17.3. The number of nitrogens with one attached hydrogen (secondary N) is 1. The summed E-state index contributed by atoms with van der Waals surface area (Å²) in [6.07, 6.45) is 2.09. The average Bonchev–Trinajstić information content (AvgIpc) is 2.52. The summed E-state index contributed by atoms with van der Waals surface area (Å²) >= 11 is 0. The minimum atomic E-state index is -0.220. The second kappa shape index (κ2) is 10.0. The van der Waals surface area contributed by atoms with Gasteiger partial charge in [-0.15, -0.1) is 0 Å². The van der Waals surface area contributed by atoms with Crippen LogP contribution in [0, 0.1) is 0 Å².